The van der Waals surface area contributed by atoms with Crippen molar-refractivity contribution in [1.82, 2.24) is 25.6 Å². The molecule has 1 heterocycles. The number of hydrogen-bond donors (Lipinski definition) is 2. The monoisotopic (exact) mass is 426 g/mol. The van der Waals surface area contributed by atoms with Crippen molar-refractivity contribution >= 4 is 29.3 Å². The van der Waals surface area contributed by atoms with Gasteiger partial charge in [0.15, 0.2) is 11.0 Å². The summed E-state index contributed by atoms with van der Waals surface area (Å²) in [6, 6.07) is 12.9. The lowest BCUT2D eigenvalue weighted by atomic mass is 10.1. The van der Waals surface area contributed by atoms with Crippen molar-refractivity contribution in [3.05, 3.63) is 69.8 Å². The van der Waals surface area contributed by atoms with Crippen LogP contribution < -0.4 is 10.9 Å². The van der Waals surface area contributed by atoms with Gasteiger partial charge in [0.1, 0.15) is 0 Å². The van der Waals surface area contributed by atoms with Crippen molar-refractivity contribution in [3.63, 3.8) is 0 Å². The maximum Gasteiger partial charge on any atom is 0.269 e. The van der Waals surface area contributed by atoms with Crippen molar-refractivity contribution in [3.8, 4) is 11.4 Å². The number of carbonyl (C=O) groups is 2. The Balaban J connectivity index is 1.52. The molecule has 0 radical (unpaired) electrons. The number of nitro groups is 1. The molecule has 3 rings (SSSR count). The second-order valence-corrected chi connectivity index (χ2v) is 7.27. The summed E-state index contributed by atoms with van der Waals surface area (Å²) in [5.74, 6) is -0.316. The number of nitrogens with one attached hydrogen (secondary N) is 2. The van der Waals surface area contributed by atoms with Crippen LogP contribution >= 0.6 is 11.8 Å². The van der Waals surface area contributed by atoms with Crippen LogP contribution in [0.2, 0.25) is 0 Å². The van der Waals surface area contributed by atoms with Crippen molar-refractivity contribution < 1.29 is 14.5 Å². The van der Waals surface area contributed by atoms with Crippen LogP contribution in [0.25, 0.3) is 11.4 Å². The number of hydrazine groups is 1. The van der Waals surface area contributed by atoms with E-state index in [2.05, 4.69) is 21.0 Å². The van der Waals surface area contributed by atoms with Gasteiger partial charge in [0.25, 0.3) is 11.6 Å². The lowest BCUT2D eigenvalue weighted by molar-refractivity contribution is -0.384. The topological polar surface area (TPSA) is 132 Å². The third kappa shape index (κ3) is 5.00. The Morgan fingerprint density at radius 1 is 1.07 bits per heavy atom. The Morgan fingerprint density at radius 3 is 2.37 bits per heavy atom. The van der Waals surface area contributed by atoms with Crippen LogP contribution in [-0.4, -0.2) is 37.3 Å². The largest absolute Gasteiger partial charge is 0.305 e. The second-order valence-electron chi connectivity index (χ2n) is 6.33. The van der Waals surface area contributed by atoms with Gasteiger partial charge in [0.05, 0.1) is 10.7 Å². The van der Waals surface area contributed by atoms with E-state index in [0.717, 1.165) is 11.1 Å². The highest BCUT2D eigenvalue weighted by Crippen LogP contribution is 2.22. The summed E-state index contributed by atoms with van der Waals surface area (Å²) >= 11 is 1.18. The van der Waals surface area contributed by atoms with Gasteiger partial charge in [0, 0.05) is 30.3 Å². The van der Waals surface area contributed by atoms with Gasteiger partial charge in [-0.1, -0.05) is 41.6 Å². The molecule has 0 atom stereocenters. The summed E-state index contributed by atoms with van der Waals surface area (Å²) in [5.41, 5.74) is 6.69. The first-order chi connectivity index (χ1) is 14.3. The molecule has 0 aliphatic carbocycles. The number of rotatable bonds is 6. The number of benzene rings is 2. The predicted molar refractivity (Wildman–Crippen MR) is 111 cm³/mol. The number of hydrogen-bond acceptors (Lipinski definition) is 7. The molecule has 11 heteroatoms. The number of nitrogens with zero attached hydrogens (tertiary/aromatic N) is 4. The van der Waals surface area contributed by atoms with Crippen molar-refractivity contribution in [1.29, 1.82) is 0 Å². The summed E-state index contributed by atoms with van der Waals surface area (Å²) < 4.78 is 1.79. The van der Waals surface area contributed by atoms with Crippen LogP contribution in [0.4, 0.5) is 5.69 Å². The molecule has 0 saturated heterocycles. The van der Waals surface area contributed by atoms with Crippen LogP contribution in [0, 0.1) is 17.0 Å². The van der Waals surface area contributed by atoms with Crippen molar-refractivity contribution in [2.24, 2.45) is 7.05 Å². The van der Waals surface area contributed by atoms with Gasteiger partial charge in [-0.2, -0.15) is 0 Å². The highest BCUT2D eigenvalue weighted by atomic mass is 32.2. The van der Waals surface area contributed by atoms with Crippen LogP contribution in [-0.2, 0) is 11.8 Å². The van der Waals surface area contributed by atoms with E-state index in [-0.39, 0.29) is 17.0 Å². The number of amides is 2. The van der Waals surface area contributed by atoms with Crippen LogP contribution in [0.15, 0.2) is 53.7 Å². The fourth-order valence-corrected chi connectivity index (χ4v) is 3.20. The normalized spacial score (nSPS) is 10.5. The smallest absolute Gasteiger partial charge is 0.269 e. The Labute approximate surface area is 175 Å². The number of non-ortho nitro benzene ring substituents is 1. The quantitative estimate of drug-likeness (QED) is 0.351. The van der Waals surface area contributed by atoms with Crippen LogP contribution in [0.3, 0.4) is 0 Å². The van der Waals surface area contributed by atoms with Gasteiger partial charge in [-0.05, 0) is 19.1 Å². The minimum absolute atomic E-state index is 0.0143. The van der Waals surface area contributed by atoms with Gasteiger partial charge >= 0.3 is 0 Å². The van der Waals surface area contributed by atoms with Crippen molar-refractivity contribution in [2.75, 3.05) is 5.75 Å². The maximum atomic E-state index is 12.0. The van der Waals surface area contributed by atoms with E-state index in [9.17, 15) is 19.7 Å². The average Bonchev–Trinajstić information content (AvgIpc) is 3.11. The first kappa shape index (κ1) is 21.0. The molecule has 2 amide bonds. The molecule has 1 aromatic heterocycles. The lowest BCUT2D eigenvalue weighted by Gasteiger charge is -2.07. The van der Waals surface area contributed by atoms with Crippen LogP contribution in [0.1, 0.15) is 15.9 Å². The standard InChI is InChI=1S/C19H18N6O4S/c1-12-3-5-13(6-4-12)17-21-23-19(24(17)2)30-11-16(26)20-22-18(27)14-7-9-15(10-8-14)25(28)29/h3-10H,11H2,1-2H3,(H,20,26)(H,22,27). The number of nitro benzene ring substituents is 1. The van der Waals surface area contributed by atoms with Crippen molar-refractivity contribution in [2.45, 2.75) is 12.1 Å². The minimum atomic E-state index is -0.580. The molecule has 2 aromatic carbocycles. The molecule has 0 unspecified atom stereocenters. The predicted octanol–water partition coefficient (Wildman–Crippen LogP) is 2.25. The first-order valence-electron chi connectivity index (χ1n) is 8.78. The number of carbonyl (C=O) groups excluding carboxylic acids is 2. The molecule has 0 bridgehead atoms. The summed E-state index contributed by atoms with van der Waals surface area (Å²) in [6.45, 7) is 2.00. The zero-order valence-electron chi connectivity index (χ0n) is 16.2. The maximum absolute atomic E-state index is 12.0. The summed E-state index contributed by atoms with van der Waals surface area (Å²) in [4.78, 5) is 34.1. The molecule has 0 aliphatic heterocycles. The molecule has 10 nitrogen and oxygen atoms in total. The Kier molecular flexibility index (Phi) is 6.42. The molecule has 0 spiro atoms. The number of aromatic nitrogens is 3. The van der Waals surface area contributed by atoms with E-state index < -0.39 is 16.7 Å². The Bertz CT molecular complexity index is 1080. The lowest BCUT2D eigenvalue weighted by Crippen LogP contribution is -2.42. The third-order valence-corrected chi connectivity index (χ3v) is 5.15. The van der Waals surface area contributed by atoms with Gasteiger partial charge in [0.2, 0.25) is 5.91 Å². The summed E-state index contributed by atoms with van der Waals surface area (Å²) in [7, 11) is 1.81. The number of aryl methyl sites for hydroxylation is 1. The molecule has 0 fully saturated rings. The second kappa shape index (κ2) is 9.18. The summed E-state index contributed by atoms with van der Waals surface area (Å²) in [6.07, 6.45) is 0. The van der Waals surface area contributed by atoms with E-state index in [1.807, 2.05) is 38.2 Å². The molecule has 30 heavy (non-hydrogen) atoms. The van der Waals surface area contributed by atoms with Crippen LogP contribution in [0.5, 0.6) is 0 Å². The average molecular weight is 426 g/mol. The number of thioether (sulfide) groups is 1. The summed E-state index contributed by atoms with van der Waals surface area (Å²) in [5, 5.41) is 19.5. The third-order valence-electron chi connectivity index (χ3n) is 4.13. The van der Waals surface area contributed by atoms with Gasteiger partial charge in [-0.3, -0.25) is 30.6 Å². The van der Waals surface area contributed by atoms with E-state index in [1.54, 1.807) is 4.57 Å². The Hall–Kier alpha value is -3.73. The zero-order valence-corrected chi connectivity index (χ0v) is 17.0. The van der Waals surface area contributed by atoms with E-state index >= 15 is 0 Å². The van der Waals surface area contributed by atoms with Gasteiger partial charge < -0.3 is 4.57 Å². The van der Waals surface area contributed by atoms with E-state index in [0.29, 0.717) is 11.0 Å². The molecule has 154 valence electrons. The molecule has 0 aliphatic rings. The molecule has 3 aromatic rings. The van der Waals surface area contributed by atoms with Gasteiger partial charge in [-0.15, -0.1) is 10.2 Å². The minimum Gasteiger partial charge on any atom is -0.305 e. The van der Waals surface area contributed by atoms with E-state index in [1.165, 1.54) is 36.0 Å². The fourth-order valence-electron chi connectivity index (χ4n) is 2.49. The zero-order chi connectivity index (χ0) is 21.7. The highest BCUT2D eigenvalue weighted by Gasteiger charge is 2.14. The Morgan fingerprint density at radius 2 is 1.73 bits per heavy atom. The molecule has 0 saturated carbocycles. The first-order valence-corrected chi connectivity index (χ1v) is 9.76. The molecular weight excluding hydrogens is 408 g/mol. The SMILES string of the molecule is Cc1ccc(-c2nnc(SCC(=O)NNC(=O)c3ccc([N+](=O)[O-])cc3)n2C)cc1. The van der Waals surface area contributed by atoms with Gasteiger partial charge in [-0.25, -0.2) is 0 Å². The fraction of sp³-hybridized carbons (Fsp3) is 0.158. The molecule has 2 N–H and O–H groups in total. The molecular formula is C19H18N6O4S. The van der Waals surface area contributed by atoms with E-state index in [4.69, 9.17) is 0 Å². The highest BCUT2D eigenvalue weighted by molar-refractivity contribution is 7.99.